The Morgan fingerprint density at radius 1 is 1.40 bits per heavy atom. The normalized spacial score (nSPS) is 22.1. The summed E-state index contributed by atoms with van der Waals surface area (Å²) in [6.07, 6.45) is 0. The monoisotopic (exact) mass is 277 g/mol. The molecular formula is C14H15NO5. The molecule has 0 saturated heterocycles. The summed E-state index contributed by atoms with van der Waals surface area (Å²) < 4.78 is 10.0. The van der Waals surface area contributed by atoms with Gasteiger partial charge in [0.2, 0.25) is 0 Å². The number of carbonyl (C=O) groups excluding carboxylic acids is 1. The van der Waals surface area contributed by atoms with Crippen LogP contribution in [0.3, 0.4) is 0 Å². The van der Waals surface area contributed by atoms with Crippen LogP contribution in [0.2, 0.25) is 0 Å². The van der Waals surface area contributed by atoms with E-state index >= 15 is 0 Å². The number of hydrogen-bond acceptors (Lipinski definition) is 5. The lowest BCUT2D eigenvalue weighted by Gasteiger charge is -2.28. The van der Waals surface area contributed by atoms with Crippen molar-refractivity contribution in [2.45, 2.75) is 18.9 Å². The number of benzene rings is 1. The predicted molar refractivity (Wildman–Crippen MR) is 70.6 cm³/mol. The predicted octanol–water partition coefficient (Wildman–Crippen LogP) is 1.89. The highest BCUT2D eigenvalue weighted by Crippen LogP contribution is 2.36. The minimum Gasteiger partial charge on any atom is -0.490 e. The fourth-order valence-electron chi connectivity index (χ4n) is 2.41. The minimum absolute atomic E-state index is 0.0567. The Morgan fingerprint density at radius 2 is 2.05 bits per heavy atom. The summed E-state index contributed by atoms with van der Waals surface area (Å²) in [5.74, 6) is -0.876. The number of carbonyl (C=O) groups is 1. The number of nitrogens with zero attached hydrogens (tertiary/aromatic N) is 1. The van der Waals surface area contributed by atoms with Crippen molar-refractivity contribution in [3.63, 3.8) is 0 Å². The number of esters is 1. The van der Waals surface area contributed by atoms with Gasteiger partial charge in [0.05, 0.1) is 18.6 Å². The third kappa shape index (κ3) is 2.49. The van der Waals surface area contributed by atoms with E-state index in [2.05, 4.69) is 0 Å². The lowest BCUT2D eigenvalue weighted by molar-refractivity contribution is -0.530. The van der Waals surface area contributed by atoms with Crippen LogP contribution in [0.1, 0.15) is 18.4 Å². The minimum atomic E-state index is -1.00. The molecule has 0 N–H and O–H groups in total. The molecule has 6 heteroatoms. The highest BCUT2D eigenvalue weighted by molar-refractivity contribution is 5.91. The zero-order chi connectivity index (χ0) is 14.7. The standard InChI is InChI=1S/C14H15NO5/c1-9-12(14(16)19-2)13(10-6-4-3-5-7-10)11(8-20-9)15(17)18/h3-7,11,13H,8H2,1-2H3/t11?,13-/m0/s1. The van der Waals surface area contributed by atoms with Crippen molar-refractivity contribution in [2.75, 3.05) is 13.7 Å². The van der Waals surface area contributed by atoms with Crippen molar-refractivity contribution in [1.82, 2.24) is 0 Å². The van der Waals surface area contributed by atoms with Gasteiger partial charge in [-0.05, 0) is 12.5 Å². The topological polar surface area (TPSA) is 78.7 Å². The van der Waals surface area contributed by atoms with Gasteiger partial charge in [-0.2, -0.15) is 0 Å². The lowest BCUT2D eigenvalue weighted by atomic mass is 9.83. The first-order valence-corrected chi connectivity index (χ1v) is 6.16. The van der Waals surface area contributed by atoms with Crippen LogP contribution in [0.4, 0.5) is 0 Å². The van der Waals surface area contributed by atoms with Gasteiger partial charge in [0.1, 0.15) is 5.76 Å². The van der Waals surface area contributed by atoms with Crippen LogP contribution in [0.15, 0.2) is 41.7 Å². The van der Waals surface area contributed by atoms with Gasteiger partial charge < -0.3 is 9.47 Å². The first-order chi connectivity index (χ1) is 9.56. The van der Waals surface area contributed by atoms with Gasteiger partial charge >= 0.3 is 5.97 Å². The van der Waals surface area contributed by atoms with Crippen molar-refractivity contribution in [3.8, 4) is 0 Å². The number of hydrogen-bond donors (Lipinski definition) is 0. The molecule has 1 unspecified atom stereocenters. The van der Waals surface area contributed by atoms with Gasteiger partial charge in [-0.15, -0.1) is 0 Å². The van der Waals surface area contributed by atoms with Gasteiger partial charge in [0, 0.05) is 4.92 Å². The molecule has 1 aliphatic heterocycles. The SMILES string of the molecule is COC(=O)C1=C(C)OCC([N+](=O)[O-])[C@@H]1c1ccccc1. The maximum Gasteiger partial charge on any atom is 0.338 e. The molecular weight excluding hydrogens is 262 g/mol. The van der Waals surface area contributed by atoms with Gasteiger partial charge in [-0.1, -0.05) is 30.3 Å². The first-order valence-electron chi connectivity index (χ1n) is 6.16. The van der Waals surface area contributed by atoms with E-state index in [0.717, 1.165) is 0 Å². The van der Waals surface area contributed by atoms with Crippen molar-refractivity contribution >= 4 is 5.97 Å². The molecule has 1 aliphatic rings. The van der Waals surface area contributed by atoms with Crippen molar-refractivity contribution in [3.05, 3.63) is 57.3 Å². The molecule has 2 atom stereocenters. The Kier molecular flexibility index (Phi) is 4.02. The molecule has 106 valence electrons. The Bertz CT molecular complexity index is 552. The summed E-state index contributed by atoms with van der Waals surface area (Å²) in [4.78, 5) is 22.8. The third-order valence-corrected chi connectivity index (χ3v) is 3.38. The summed E-state index contributed by atoms with van der Waals surface area (Å²) in [6, 6.07) is 7.91. The average Bonchev–Trinajstić information content (AvgIpc) is 2.46. The van der Waals surface area contributed by atoms with Gasteiger partial charge in [0.25, 0.3) is 6.04 Å². The van der Waals surface area contributed by atoms with E-state index in [9.17, 15) is 14.9 Å². The van der Waals surface area contributed by atoms with Crippen LogP contribution < -0.4 is 0 Å². The molecule has 0 bridgehead atoms. The van der Waals surface area contributed by atoms with Crippen LogP contribution in [0.25, 0.3) is 0 Å². The van der Waals surface area contributed by atoms with Crippen LogP contribution in [-0.4, -0.2) is 30.7 Å². The number of ether oxygens (including phenoxy) is 2. The van der Waals surface area contributed by atoms with Gasteiger partial charge in [0.15, 0.2) is 6.61 Å². The van der Waals surface area contributed by atoms with Crippen molar-refractivity contribution < 1.29 is 19.2 Å². The number of methoxy groups -OCH3 is 1. The second-order valence-corrected chi connectivity index (χ2v) is 4.51. The zero-order valence-corrected chi connectivity index (χ0v) is 11.2. The molecule has 0 aliphatic carbocycles. The summed E-state index contributed by atoms with van der Waals surface area (Å²) in [7, 11) is 1.25. The molecule has 0 amide bonds. The molecule has 1 heterocycles. The second-order valence-electron chi connectivity index (χ2n) is 4.51. The van der Waals surface area contributed by atoms with E-state index < -0.39 is 22.9 Å². The lowest BCUT2D eigenvalue weighted by Crippen LogP contribution is -2.39. The molecule has 0 fully saturated rings. The quantitative estimate of drug-likeness (QED) is 0.479. The zero-order valence-electron chi connectivity index (χ0n) is 11.2. The fraction of sp³-hybridized carbons (Fsp3) is 0.357. The molecule has 1 aromatic carbocycles. The summed E-state index contributed by atoms with van der Waals surface area (Å²) >= 11 is 0. The Balaban J connectivity index is 2.54. The van der Waals surface area contributed by atoms with E-state index in [4.69, 9.17) is 9.47 Å². The molecule has 0 saturated carbocycles. The van der Waals surface area contributed by atoms with Gasteiger partial charge in [-0.3, -0.25) is 10.1 Å². The van der Waals surface area contributed by atoms with Crippen LogP contribution in [0, 0.1) is 10.1 Å². The first kappa shape index (κ1) is 14.0. The highest BCUT2D eigenvalue weighted by Gasteiger charge is 2.44. The molecule has 2 rings (SSSR count). The average molecular weight is 277 g/mol. The molecule has 0 radical (unpaired) electrons. The summed E-state index contributed by atoms with van der Waals surface area (Å²) in [5, 5.41) is 11.3. The molecule has 20 heavy (non-hydrogen) atoms. The second kappa shape index (κ2) is 5.73. The van der Waals surface area contributed by atoms with E-state index in [1.54, 1.807) is 31.2 Å². The summed E-state index contributed by atoms with van der Waals surface area (Å²) in [5.41, 5.74) is 0.920. The Labute approximate surface area is 116 Å². The van der Waals surface area contributed by atoms with E-state index in [-0.39, 0.29) is 12.2 Å². The van der Waals surface area contributed by atoms with Gasteiger partial charge in [-0.25, -0.2) is 4.79 Å². The van der Waals surface area contributed by atoms with Crippen LogP contribution >= 0.6 is 0 Å². The third-order valence-electron chi connectivity index (χ3n) is 3.38. The molecule has 0 spiro atoms. The number of allylic oxidation sites excluding steroid dienone is 1. The van der Waals surface area contributed by atoms with Crippen LogP contribution in [0.5, 0.6) is 0 Å². The van der Waals surface area contributed by atoms with Crippen molar-refractivity contribution in [2.24, 2.45) is 0 Å². The Morgan fingerprint density at radius 3 is 2.60 bits per heavy atom. The smallest absolute Gasteiger partial charge is 0.338 e. The van der Waals surface area contributed by atoms with Crippen LogP contribution in [-0.2, 0) is 14.3 Å². The number of rotatable bonds is 3. The van der Waals surface area contributed by atoms with E-state index in [0.29, 0.717) is 11.3 Å². The summed E-state index contributed by atoms with van der Waals surface area (Å²) in [6.45, 7) is 1.57. The molecule has 1 aromatic rings. The Hall–Kier alpha value is -2.37. The van der Waals surface area contributed by atoms with Crippen molar-refractivity contribution in [1.29, 1.82) is 0 Å². The molecule has 0 aromatic heterocycles. The van der Waals surface area contributed by atoms with E-state index in [1.165, 1.54) is 7.11 Å². The largest absolute Gasteiger partial charge is 0.490 e. The highest BCUT2D eigenvalue weighted by atomic mass is 16.6. The van der Waals surface area contributed by atoms with E-state index in [1.807, 2.05) is 6.07 Å². The molecule has 6 nitrogen and oxygen atoms in total. The maximum atomic E-state index is 11.9. The maximum absolute atomic E-state index is 11.9. The fourth-order valence-corrected chi connectivity index (χ4v) is 2.41. The number of nitro groups is 1.